The summed E-state index contributed by atoms with van der Waals surface area (Å²) >= 11 is 0. The summed E-state index contributed by atoms with van der Waals surface area (Å²) < 4.78 is 15.4. The molecule has 3 aromatic rings. The van der Waals surface area contributed by atoms with Crippen LogP contribution in [-0.4, -0.2) is 16.3 Å². The molecule has 1 atom stereocenters. The van der Waals surface area contributed by atoms with Gasteiger partial charge in [-0.2, -0.15) is 5.10 Å². The van der Waals surface area contributed by atoms with Gasteiger partial charge in [0.1, 0.15) is 11.6 Å². The topological polar surface area (TPSA) is 55.9 Å². The lowest BCUT2D eigenvalue weighted by atomic mass is 10.0. The first-order valence-corrected chi connectivity index (χ1v) is 6.99. The van der Waals surface area contributed by atoms with Crippen molar-refractivity contribution in [2.75, 3.05) is 17.6 Å². The Labute approximate surface area is 121 Å². The molecule has 5 heteroatoms. The van der Waals surface area contributed by atoms with Crippen molar-refractivity contribution in [3.63, 3.8) is 0 Å². The maximum absolute atomic E-state index is 13.5. The van der Waals surface area contributed by atoms with Crippen LogP contribution >= 0.6 is 0 Å². The first-order chi connectivity index (χ1) is 10.2. The van der Waals surface area contributed by atoms with Gasteiger partial charge in [0.25, 0.3) is 0 Å². The molecular formula is C16H15FN4. The molecule has 0 aliphatic carbocycles. The third kappa shape index (κ3) is 1.93. The Morgan fingerprint density at radius 1 is 1.24 bits per heavy atom. The predicted octanol–water partition coefficient (Wildman–Crippen LogP) is 3.16. The highest BCUT2D eigenvalue weighted by Crippen LogP contribution is 2.35. The molecular weight excluding hydrogens is 267 g/mol. The van der Waals surface area contributed by atoms with Crippen molar-refractivity contribution < 1.29 is 4.39 Å². The molecule has 106 valence electrons. The summed E-state index contributed by atoms with van der Waals surface area (Å²) in [5.74, 6) is 0.763. The second-order valence-electron chi connectivity index (χ2n) is 5.36. The largest absolute Gasteiger partial charge is 0.399 e. The van der Waals surface area contributed by atoms with E-state index in [-0.39, 0.29) is 11.9 Å². The van der Waals surface area contributed by atoms with E-state index in [0.717, 1.165) is 35.2 Å². The molecule has 4 rings (SSSR count). The third-order valence-corrected chi connectivity index (χ3v) is 3.96. The second-order valence-corrected chi connectivity index (χ2v) is 5.36. The van der Waals surface area contributed by atoms with Crippen molar-refractivity contribution in [1.29, 1.82) is 0 Å². The van der Waals surface area contributed by atoms with E-state index in [9.17, 15) is 4.39 Å². The summed E-state index contributed by atoms with van der Waals surface area (Å²) in [6.07, 6.45) is 0.875. The summed E-state index contributed by atoms with van der Waals surface area (Å²) in [6, 6.07) is 12.5. The van der Waals surface area contributed by atoms with Crippen molar-refractivity contribution in [2.45, 2.75) is 12.5 Å². The summed E-state index contributed by atoms with van der Waals surface area (Å²) in [5.41, 5.74) is 8.33. The number of rotatable bonds is 1. The van der Waals surface area contributed by atoms with Gasteiger partial charge in [0.05, 0.1) is 11.6 Å². The number of halogens is 1. The quantitative estimate of drug-likeness (QED) is 0.674. The highest BCUT2D eigenvalue weighted by molar-refractivity contribution is 5.92. The lowest BCUT2D eigenvalue weighted by molar-refractivity contribution is 0.482. The molecule has 1 aliphatic heterocycles. The smallest absolute Gasteiger partial charge is 0.132 e. The maximum Gasteiger partial charge on any atom is 0.132 e. The molecule has 1 aliphatic rings. The van der Waals surface area contributed by atoms with Crippen LogP contribution < -0.4 is 11.1 Å². The van der Waals surface area contributed by atoms with E-state index in [2.05, 4.69) is 10.4 Å². The van der Waals surface area contributed by atoms with Crippen LogP contribution in [0.5, 0.6) is 0 Å². The zero-order valence-electron chi connectivity index (χ0n) is 11.4. The van der Waals surface area contributed by atoms with Crippen LogP contribution in [0.1, 0.15) is 18.0 Å². The molecule has 0 spiro atoms. The Bertz CT molecular complexity index is 824. The molecule has 4 nitrogen and oxygen atoms in total. The van der Waals surface area contributed by atoms with E-state index < -0.39 is 0 Å². The fourth-order valence-electron chi connectivity index (χ4n) is 2.99. The summed E-state index contributed by atoms with van der Waals surface area (Å²) in [5, 5.41) is 9.09. The van der Waals surface area contributed by atoms with Crippen molar-refractivity contribution in [1.82, 2.24) is 9.78 Å². The third-order valence-electron chi connectivity index (χ3n) is 3.96. The van der Waals surface area contributed by atoms with E-state index in [1.54, 1.807) is 12.1 Å². The van der Waals surface area contributed by atoms with Crippen LogP contribution in [0, 0.1) is 5.82 Å². The molecule has 2 heterocycles. The van der Waals surface area contributed by atoms with Gasteiger partial charge < -0.3 is 11.1 Å². The van der Waals surface area contributed by atoms with E-state index in [0.29, 0.717) is 5.69 Å². The van der Waals surface area contributed by atoms with E-state index in [1.165, 1.54) is 6.07 Å². The zero-order chi connectivity index (χ0) is 14.4. The summed E-state index contributed by atoms with van der Waals surface area (Å²) in [4.78, 5) is 0. The average molecular weight is 282 g/mol. The summed E-state index contributed by atoms with van der Waals surface area (Å²) in [7, 11) is 0. The van der Waals surface area contributed by atoms with Crippen molar-refractivity contribution in [2.24, 2.45) is 0 Å². The number of hydrogen-bond donors (Lipinski definition) is 2. The zero-order valence-corrected chi connectivity index (χ0v) is 11.4. The fraction of sp³-hybridized carbons (Fsp3) is 0.188. The molecule has 0 fully saturated rings. The Morgan fingerprint density at radius 3 is 3.00 bits per heavy atom. The number of nitrogens with one attached hydrogen (secondary N) is 1. The maximum atomic E-state index is 13.5. The van der Waals surface area contributed by atoms with Gasteiger partial charge in [-0.05, 0) is 42.3 Å². The molecule has 0 amide bonds. The monoisotopic (exact) mass is 282 g/mol. The second kappa shape index (κ2) is 4.48. The van der Waals surface area contributed by atoms with E-state index >= 15 is 0 Å². The standard InChI is InChI=1S/C16H15FN4/c17-11-3-1-2-10(8-11)15-6-7-19-16-13-5-4-12(18)9-14(13)20-21(15)16/h1-5,8-9,15,19H,6-7,18H2. The molecule has 3 N–H and O–H groups in total. The lowest BCUT2D eigenvalue weighted by Crippen LogP contribution is -2.24. The average Bonchev–Trinajstić information content (AvgIpc) is 2.84. The minimum atomic E-state index is -0.214. The number of anilines is 2. The molecule has 21 heavy (non-hydrogen) atoms. The van der Waals surface area contributed by atoms with Crippen molar-refractivity contribution >= 4 is 22.4 Å². The first kappa shape index (κ1) is 12.2. The Morgan fingerprint density at radius 2 is 2.14 bits per heavy atom. The highest BCUT2D eigenvalue weighted by atomic mass is 19.1. The summed E-state index contributed by atoms with van der Waals surface area (Å²) in [6.45, 7) is 0.840. The normalized spacial score (nSPS) is 17.5. The van der Waals surface area contributed by atoms with E-state index in [1.807, 2.05) is 28.9 Å². The molecule has 0 bridgehead atoms. The Hall–Kier alpha value is -2.56. The fourth-order valence-corrected chi connectivity index (χ4v) is 2.99. The van der Waals surface area contributed by atoms with Crippen molar-refractivity contribution in [3.8, 4) is 0 Å². The molecule has 1 aromatic heterocycles. The van der Waals surface area contributed by atoms with Gasteiger partial charge in [-0.1, -0.05) is 12.1 Å². The van der Waals surface area contributed by atoms with Crippen LogP contribution in [0.15, 0.2) is 42.5 Å². The number of nitrogen functional groups attached to an aromatic ring is 1. The first-order valence-electron chi connectivity index (χ1n) is 6.99. The highest BCUT2D eigenvalue weighted by Gasteiger charge is 2.24. The van der Waals surface area contributed by atoms with Crippen LogP contribution in [0.4, 0.5) is 15.9 Å². The molecule has 2 aromatic carbocycles. The van der Waals surface area contributed by atoms with Gasteiger partial charge in [0.2, 0.25) is 0 Å². The van der Waals surface area contributed by atoms with Gasteiger partial charge in [-0.15, -0.1) is 0 Å². The molecule has 1 unspecified atom stereocenters. The van der Waals surface area contributed by atoms with Gasteiger partial charge in [-0.25, -0.2) is 9.07 Å². The number of benzene rings is 2. The predicted molar refractivity (Wildman–Crippen MR) is 81.8 cm³/mol. The Kier molecular flexibility index (Phi) is 2.60. The molecule has 0 saturated heterocycles. The van der Waals surface area contributed by atoms with Gasteiger partial charge in [0, 0.05) is 17.6 Å². The van der Waals surface area contributed by atoms with Crippen LogP contribution in [-0.2, 0) is 0 Å². The number of nitrogens with two attached hydrogens (primary N) is 1. The number of nitrogens with zero attached hydrogens (tertiary/aromatic N) is 2. The number of fused-ring (bicyclic) bond motifs is 3. The number of hydrogen-bond acceptors (Lipinski definition) is 3. The lowest BCUT2D eigenvalue weighted by Gasteiger charge is -2.26. The van der Waals surface area contributed by atoms with Gasteiger partial charge in [0.15, 0.2) is 0 Å². The number of aromatic nitrogens is 2. The van der Waals surface area contributed by atoms with Crippen molar-refractivity contribution in [3.05, 3.63) is 53.8 Å². The van der Waals surface area contributed by atoms with Gasteiger partial charge >= 0.3 is 0 Å². The SMILES string of the molecule is Nc1ccc2c3n(nc2c1)C(c1cccc(F)c1)CCN3. The molecule has 0 saturated carbocycles. The van der Waals surface area contributed by atoms with Gasteiger partial charge in [-0.3, -0.25) is 0 Å². The molecule has 0 radical (unpaired) electrons. The van der Waals surface area contributed by atoms with Crippen LogP contribution in [0.3, 0.4) is 0 Å². The van der Waals surface area contributed by atoms with Crippen LogP contribution in [0.2, 0.25) is 0 Å². The van der Waals surface area contributed by atoms with Crippen LogP contribution in [0.25, 0.3) is 10.9 Å². The Balaban J connectivity index is 1.90. The minimum Gasteiger partial charge on any atom is -0.399 e. The minimum absolute atomic E-state index is 0.0468. The van der Waals surface area contributed by atoms with E-state index in [4.69, 9.17) is 5.73 Å².